The Balaban J connectivity index is 1.22. The number of hydrogen-bond donors (Lipinski definition) is 3. The van der Waals surface area contributed by atoms with Crippen molar-refractivity contribution >= 4 is 5.91 Å². The van der Waals surface area contributed by atoms with Crippen molar-refractivity contribution in [1.29, 1.82) is 0 Å². The van der Waals surface area contributed by atoms with Crippen LogP contribution in [0.3, 0.4) is 0 Å². The lowest BCUT2D eigenvalue weighted by Gasteiger charge is -2.42. The van der Waals surface area contributed by atoms with Crippen LogP contribution in [0.2, 0.25) is 0 Å². The van der Waals surface area contributed by atoms with E-state index in [1.807, 2.05) is 12.4 Å². The van der Waals surface area contributed by atoms with Crippen molar-refractivity contribution in [2.24, 2.45) is 11.1 Å². The highest BCUT2D eigenvalue weighted by Gasteiger charge is 2.46. The first-order chi connectivity index (χ1) is 19.4. The minimum Gasteiger partial charge on any atom is -0.370 e. The van der Waals surface area contributed by atoms with Crippen LogP contribution in [-0.2, 0) is 31.0 Å². The Labute approximate surface area is 238 Å². The number of nitrogens with one attached hydrogen (secondary N) is 2. The molecule has 3 aromatic rings. The van der Waals surface area contributed by atoms with Crippen molar-refractivity contribution in [3.8, 4) is 0 Å². The Bertz CT molecular complexity index is 1130. The summed E-state index contributed by atoms with van der Waals surface area (Å²) in [6, 6.07) is 9.88. The minimum absolute atomic E-state index is 0.190. The van der Waals surface area contributed by atoms with Gasteiger partial charge in [0.2, 0.25) is 5.91 Å². The fourth-order valence-corrected chi connectivity index (χ4v) is 7.01. The summed E-state index contributed by atoms with van der Waals surface area (Å²) >= 11 is 0. The molecule has 4 heterocycles. The number of amides is 1. The number of piperidine rings is 1. The number of primary amides is 1. The Hall–Kier alpha value is -3.01. The van der Waals surface area contributed by atoms with E-state index in [0.29, 0.717) is 17.9 Å². The number of carbonyl (C=O) groups excluding carboxylic acids is 1. The highest BCUT2D eigenvalue weighted by atomic mass is 16.1. The number of likely N-dealkylation sites (tertiary alicyclic amines) is 2. The number of nitrogens with zero attached hydrogens (tertiary/aromatic N) is 5. The minimum atomic E-state index is -0.190. The van der Waals surface area contributed by atoms with Gasteiger partial charge in [0.05, 0.1) is 13.1 Å². The summed E-state index contributed by atoms with van der Waals surface area (Å²) in [6.45, 7) is 11.1. The van der Waals surface area contributed by atoms with E-state index in [9.17, 15) is 4.79 Å². The second-order valence-electron chi connectivity index (χ2n) is 12.0. The van der Waals surface area contributed by atoms with Crippen LogP contribution < -0.4 is 5.73 Å². The Morgan fingerprint density at radius 2 is 1.60 bits per heavy atom. The van der Waals surface area contributed by atoms with Crippen LogP contribution in [0.15, 0.2) is 49.1 Å². The van der Waals surface area contributed by atoms with Gasteiger partial charge in [-0.3, -0.25) is 14.6 Å². The number of H-pyrrole nitrogens is 2. The summed E-state index contributed by atoms with van der Waals surface area (Å²) in [5, 5.41) is 0. The first-order valence-corrected chi connectivity index (χ1v) is 15.0. The average Bonchev–Trinajstić information content (AvgIpc) is 3.70. The first kappa shape index (κ1) is 28.5. The molecule has 2 aliphatic heterocycles. The maximum absolute atomic E-state index is 12.0. The van der Waals surface area contributed by atoms with Gasteiger partial charge in [0, 0.05) is 62.9 Å². The summed E-state index contributed by atoms with van der Waals surface area (Å²) in [7, 11) is 0. The van der Waals surface area contributed by atoms with Gasteiger partial charge < -0.3 is 20.6 Å². The lowest BCUT2D eigenvalue weighted by Crippen LogP contribution is -2.45. The van der Waals surface area contributed by atoms with Crippen molar-refractivity contribution in [2.75, 3.05) is 19.6 Å². The first-order valence-electron chi connectivity index (χ1n) is 15.0. The number of nitrogens with two attached hydrogens (primary N) is 1. The molecule has 9 nitrogen and oxygen atoms in total. The molecule has 5 rings (SSSR count). The molecule has 0 bridgehead atoms. The van der Waals surface area contributed by atoms with Crippen LogP contribution in [-0.4, -0.2) is 72.3 Å². The Kier molecular flexibility index (Phi) is 9.34. The third-order valence-corrected chi connectivity index (χ3v) is 9.15. The van der Waals surface area contributed by atoms with Crippen molar-refractivity contribution < 1.29 is 4.79 Å². The van der Waals surface area contributed by atoms with Crippen molar-refractivity contribution in [3.63, 3.8) is 0 Å². The number of carbonyl (C=O) groups is 1. The molecule has 40 heavy (non-hydrogen) atoms. The fourth-order valence-electron chi connectivity index (χ4n) is 7.01. The lowest BCUT2D eigenvalue weighted by atomic mass is 9.76. The van der Waals surface area contributed by atoms with Crippen LogP contribution in [0.1, 0.15) is 75.1 Å². The summed E-state index contributed by atoms with van der Waals surface area (Å²) in [6.07, 6.45) is 13.7. The maximum Gasteiger partial charge on any atom is 0.218 e. The zero-order chi connectivity index (χ0) is 28.0. The molecule has 1 atom stereocenters. The zero-order valence-corrected chi connectivity index (χ0v) is 24.2. The number of hydrogen-bond acceptors (Lipinski definition) is 6. The van der Waals surface area contributed by atoms with E-state index < -0.39 is 0 Å². The van der Waals surface area contributed by atoms with Gasteiger partial charge in [0.15, 0.2) is 0 Å². The van der Waals surface area contributed by atoms with Gasteiger partial charge in [0.25, 0.3) is 0 Å². The van der Waals surface area contributed by atoms with E-state index in [2.05, 4.69) is 72.7 Å². The molecule has 0 radical (unpaired) electrons. The van der Waals surface area contributed by atoms with Crippen LogP contribution in [0, 0.1) is 5.41 Å². The lowest BCUT2D eigenvalue weighted by molar-refractivity contribution is -0.119. The predicted octanol–water partition coefficient (Wildman–Crippen LogP) is 4.06. The molecule has 1 amide bonds. The molecule has 1 aromatic carbocycles. The summed E-state index contributed by atoms with van der Waals surface area (Å²) < 4.78 is 0. The highest BCUT2D eigenvalue weighted by molar-refractivity contribution is 5.74. The van der Waals surface area contributed by atoms with Crippen molar-refractivity contribution in [2.45, 2.75) is 90.6 Å². The van der Waals surface area contributed by atoms with Gasteiger partial charge in [-0.1, -0.05) is 38.1 Å². The van der Waals surface area contributed by atoms with Crippen LogP contribution in [0.4, 0.5) is 0 Å². The van der Waals surface area contributed by atoms with Crippen LogP contribution in [0.5, 0.6) is 0 Å². The normalized spacial score (nSPS) is 19.8. The molecule has 1 spiro atoms. The number of rotatable bonds is 13. The van der Waals surface area contributed by atoms with Crippen LogP contribution >= 0.6 is 0 Å². The molecule has 2 saturated heterocycles. The van der Waals surface area contributed by atoms with Gasteiger partial charge >= 0.3 is 0 Å². The number of aromatic nitrogens is 4. The second-order valence-corrected chi connectivity index (χ2v) is 12.0. The Morgan fingerprint density at radius 3 is 2.12 bits per heavy atom. The molecule has 4 N–H and O–H groups in total. The van der Waals surface area contributed by atoms with Crippen molar-refractivity contribution in [1.82, 2.24) is 34.6 Å². The number of imidazole rings is 2. The van der Waals surface area contributed by atoms with Crippen LogP contribution in [0.25, 0.3) is 0 Å². The standard InChI is InChI=1S/C31H46N8O/c1-3-26(4-2)38-15-9-31(10-16-38)18-27(17-28(32)40)39(23-31)20-25-7-5-24(6-8-25)19-37(21-29-33-11-12-34-29)22-30-35-13-14-36-30/h5-8,11-14,26-27H,3-4,9-10,15-23H2,1-2H3,(H2,32,40)(H,33,34)(H,35,36)/t27-/m1/s1. The fraction of sp³-hybridized carbons (Fsp3) is 0.581. The van der Waals surface area contributed by atoms with E-state index in [-0.39, 0.29) is 11.9 Å². The molecule has 2 aliphatic rings. The summed E-state index contributed by atoms with van der Waals surface area (Å²) in [5.41, 5.74) is 8.56. The van der Waals surface area contributed by atoms with Gasteiger partial charge in [-0.15, -0.1) is 0 Å². The molecule has 0 saturated carbocycles. The van der Waals surface area contributed by atoms with E-state index in [0.717, 1.165) is 50.8 Å². The molecular weight excluding hydrogens is 500 g/mol. The number of benzene rings is 1. The van der Waals surface area contributed by atoms with Gasteiger partial charge in [0.1, 0.15) is 11.6 Å². The molecule has 2 fully saturated rings. The van der Waals surface area contributed by atoms with E-state index >= 15 is 0 Å². The third kappa shape index (κ3) is 7.19. The quantitative estimate of drug-likeness (QED) is 0.298. The largest absolute Gasteiger partial charge is 0.370 e. The van der Waals surface area contributed by atoms with Gasteiger partial charge in [-0.05, 0) is 61.7 Å². The summed E-state index contributed by atoms with van der Waals surface area (Å²) in [4.78, 5) is 34.8. The molecular formula is C31H46N8O. The van der Waals surface area contributed by atoms with Gasteiger partial charge in [-0.25, -0.2) is 9.97 Å². The monoisotopic (exact) mass is 546 g/mol. The maximum atomic E-state index is 12.0. The Morgan fingerprint density at radius 1 is 1.00 bits per heavy atom. The molecule has 9 heteroatoms. The summed E-state index contributed by atoms with van der Waals surface area (Å²) in [5.74, 6) is 1.69. The molecule has 0 unspecified atom stereocenters. The number of aromatic amines is 2. The van der Waals surface area contributed by atoms with E-state index in [1.54, 1.807) is 12.4 Å². The average molecular weight is 547 g/mol. The smallest absolute Gasteiger partial charge is 0.218 e. The van der Waals surface area contributed by atoms with E-state index in [1.165, 1.54) is 49.9 Å². The SMILES string of the molecule is CCC(CC)N1CCC2(CC1)C[C@@H](CC(N)=O)N(Cc1ccc(CN(Cc3ncc[nH]3)Cc3ncc[nH]3)cc1)C2. The topological polar surface area (TPSA) is 110 Å². The zero-order valence-electron chi connectivity index (χ0n) is 24.2. The van der Waals surface area contributed by atoms with Gasteiger partial charge in [-0.2, -0.15) is 0 Å². The molecule has 216 valence electrons. The highest BCUT2D eigenvalue weighted by Crippen LogP contribution is 2.45. The molecule has 2 aromatic heterocycles. The molecule has 0 aliphatic carbocycles. The van der Waals surface area contributed by atoms with E-state index in [4.69, 9.17) is 5.73 Å². The third-order valence-electron chi connectivity index (χ3n) is 9.15. The predicted molar refractivity (Wildman–Crippen MR) is 157 cm³/mol. The second kappa shape index (κ2) is 13.1. The van der Waals surface area contributed by atoms with Crippen molar-refractivity contribution in [3.05, 3.63) is 71.8 Å².